The van der Waals surface area contributed by atoms with Gasteiger partial charge in [-0.1, -0.05) is 12.5 Å². The van der Waals surface area contributed by atoms with Crippen molar-refractivity contribution in [2.24, 2.45) is 0 Å². The third-order valence-electron chi connectivity index (χ3n) is 3.79. The number of hydrogen-bond acceptors (Lipinski definition) is 3. The van der Waals surface area contributed by atoms with Crippen LogP contribution < -0.4 is 0 Å². The van der Waals surface area contributed by atoms with Gasteiger partial charge in [-0.25, -0.2) is 4.79 Å². The number of ether oxygens (including phenoxy) is 1. The summed E-state index contributed by atoms with van der Waals surface area (Å²) in [6.45, 7) is 14.5. The number of rotatable bonds is 3. The molecule has 0 N–H and O–H groups in total. The van der Waals surface area contributed by atoms with Gasteiger partial charge in [0.15, 0.2) is 0 Å². The first-order valence-corrected chi connectivity index (χ1v) is 6.68. The third kappa shape index (κ3) is 3.61. The molecule has 0 spiro atoms. The standard InChI is InChI=1S/C16H25NO2/c1-8-9-17-15(4,5)10-13(11-16(17,6)7)19-14(18)12(2)3/h1,13H,2,9-11H2,3-7H3. The number of carbonyl (C=O) groups is 1. The lowest BCUT2D eigenvalue weighted by molar-refractivity contribution is -0.154. The summed E-state index contributed by atoms with van der Waals surface area (Å²) >= 11 is 0. The van der Waals surface area contributed by atoms with Crippen molar-refractivity contribution in [3.05, 3.63) is 12.2 Å². The monoisotopic (exact) mass is 263 g/mol. The second-order valence-electron chi connectivity index (χ2n) is 6.63. The number of likely N-dealkylation sites (tertiary alicyclic amines) is 1. The fourth-order valence-corrected chi connectivity index (χ4v) is 3.08. The Morgan fingerprint density at radius 2 is 1.84 bits per heavy atom. The van der Waals surface area contributed by atoms with Gasteiger partial charge in [0.25, 0.3) is 0 Å². The molecular weight excluding hydrogens is 238 g/mol. The number of terminal acetylenes is 1. The summed E-state index contributed by atoms with van der Waals surface area (Å²) in [6, 6.07) is 0. The Morgan fingerprint density at radius 1 is 1.37 bits per heavy atom. The number of esters is 1. The molecule has 0 amide bonds. The highest BCUT2D eigenvalue weighted by Crippen LogP contribution is 2.39. The van der Waals surface area contributed by atoms with Gasteiger partial charge in [0, 0.05) is 29.5 Å². The smallest absolute Gasteiger partial charge is 0.333 e. The highest BCUT2D eigenvalue weighted by molar-refractivity contribution is 5.87. The molecule has 3 nitrogen and oxygen atoms in total. The Bertz CT molecular complexity index is 397. The molecule has 19 heavy (non-hydrogen) atoms. The van der Waals surface area contributed by atoms with Gasteiger partial charge in [0.05, 0.1) is 6.54 Å². The van der Waals surface area contributed by atoms with Crippen molar-refractivity contribution in [3.8, 4) is 12.3 Å². The van der Waals surface area contributed by atoms with Crippen LogP contribution >= 0.6 is 0 Å². The molecular formula is C16H25NO2. The molecule has 1 heterocycles. The van der Waals surface area contributed by atoms with E-state index in [2.05, 4.69) is 45.1 Å². The SMILES string of the molecule is C#CCN1C(C)(C)CC(OC(=O)C(=C)C)CC1(C)C. The van der Waals surface area contributed by atoms with Gasteiger partial charge in [-0.15, -0.1) is 6.42 Å². The van der Waals surface area contributed by atoms with E-state index in [4.69, 9.17) is 11.2 Å². The Labute approximate surface area is 117 Å². The number of carbonyl (C=O) groups excluding carboxylic acids is 1. The largest absolute Gasteiger partial charge is 0.459 e. The Balaban J connectivity index is 2.87. The van der Waals surface area contributed by atoms with Crippen LogP contribution in [0, 0.1) is 12.3 Å². The van der Waals surface area contributed by atoms with E-state index >= 15 is 0 Å². The number of piperidine rings is 1. The zero-order valence-electron chi connectivity index (χ0n) is 12.7. The van der Waals surface area contributed by atoms with Gasteiger partial charge in [-0.2, -0.15) is 0 Å². The molecule has 1 aliphatic heterocycles. The van der Waals surface area contributed by atoms with Crippen LogP contribution in [0.5, 0.6) is 0 Å². The van der Waals surface area contributed by atoms with Crippen molar-refractivity contribution in [2.45, 2.75) is 64.6 Å². The van der Waals surface area contributed by atoms with E-state index in [0.29, 0.717) is 12.1 Å². The fourth-order valence-electron chi connectivity index (χ4n) is 3.08. The Hall–Kier alpha value is -1.27. The molecule has 0 aromatic heterocycles. The molecule has 1 aliphatic rings. The van der Waals surface area contributed by atoms with Crippen LogP contribution in [-0.2, 0) is 9.53 Å². The number of hydrogen-bond donors (Lipinski definition) is 0. The van der Waals surface area contributed by atoms with E-state index < -0.39 is 0 Å². The zero-order valence-corrected chi connectivity index (χ0v) is 12.7. The molecule has 1 rings (SSSR count). The van der Waals surface area contributed by atoms with Gasteiger partial charge < -0.3 is 4.74 Å². The van der Waals surface area contributed by atoms with Gasteiger partial charge in [0.2, 0.25) is 0 Å². The van der Waals surface area contributed by atoms with Gasteiger partial charge in [0.1, 0.15) is 6.10 Å². The average Bonchev–Trinajstić information content (AvgIpc) is 2.22. The highest BCUT2D eigenvalue weighted by Gasteiger charge is 2.46. The van der Waals surface area contributed by atoms with Crippen molar-refractivity contribution in [1.82, 2.24) is 4.90 Å². The Morgan fingerprint density at radius 3 is 2.21 bits per heavy atom. The molecule has 0 aromatic carbocycles. The summed E-state index contributed by atoms with van der Waals surface area (Å²) in [5.41, 5.74) is 0.268. The first-order chi connectivity index (χ1) is 8.60. The summed E-state index contributed by atoms with van der Waals surface area (Å²) in [7, 11) is 0. The van der Waals surface area contributed by atoms with Crippen LogP contribution in [0.2, 0.25) is 0 Å². The minimum atomic E-state index is -0.304. The topological polar surface area (TPSA) is 29.5 Å². The summed E-state index contributed by atoms with van der Waals surface area (Å²) < 4.78 is 5.53. The van der Waals surface area contributed by atoms with Crippen LogP contribution in [0.1, 0.15) is 47.5 Å². The minimum Gasteiger partial charge on any atom is -0.459 e. The molecule has 0 aliphatic carbocycles. The average molecular weight is 263 g/mol. The van der Waals surface area contributed by atoms with Crippen LogP contribution in [0.15, 0.2) is 12.2 Å². The maximum absolute atomic E-state index is 11.7. The lowest BCUT2D eigenvalue weighted by Crippen LogP contribution is -2.62. The minimum absolute atomic E-state index is 0.0803. The van der Waals surface area contributed by atoms with E-state index in [0.717, 1.165) is 12.8 Å². The summed E-state index contributed by atoms with van der Waals surface area (Å²) in [5.74, 6) is 2.42. The Kier molecular flexibility index (Phi) is 4.47. The summed E-state index contributed by atoms with van der Waals surface area (Å²) in [5, 5.41) is 0. The van der Waals surface area contributed by atoms with Crippen molar-refractivity contribution in [2.75, 3.05) is 6.54 Å². The van der Waals surface area contributed by atoms with Gasteiger partial charge in [-0.3, -0.25) is 4.90 Å². The lowest BCUT2D eigenvalue weighted by atomic mass is 9.78. The van der Waals surface area contributed by atoms with E-state index in [1.54, 1.807) is 6.92 Å². The summed E-state index contributed by atoms with van der Waals surface area (Å²) in [6.07, 6.45) is 6.97. The van der Waals surface area contributed by atoms with Gasteiger partial charge in [-0.05, 0) is 34.6 Å². The summed E-state index contributed by atoms with van der Waals surface area (Å²) in [4.78, 5) is 14.0. The van der Waals surface area contributed by atoms with E-state index in [9.17, 15) is 4.79 Å². The molecule has 0 aromatic rings. The van der Waals surface area contributed by atoms with Gasteiger partial charge >= 0.3 is 5.97 Å². The zero-order chi connectivity index (χ0) is 14.8. The predicted octanol–water partition coefficient (Wildman–Crippen LogP) is 2.76. The van der Waals surface area contributed by atoms with Crippen molar-refractivity contribution in [3.63, 3.8) is 0 Å². The fraction of sp³-hybridized carbons (Fsp3) is 0.688. The first kappa shape index (κ1) is 15.8. The maximum atomic E-state index is 11.7. The van der Waals surface area contributed by atoms with Crippen LogP contribution in [0.3, 0.4) is 0 Å². The first-order valence-electron chi connectivity index (χ1n) is 6.68. The molecule has 1 fully saturated rings. The third-order valence-corrected chi connectivity index (χ3v) is 3.79. The molecule has 0 saturated carbocycles. The quantitative estimate of drug-likeness (QED) is 0.445. The highest BCUT2D eigenvalue weighted by atomic mass is 16.5. The van der Waals surface area contributed by atoms with E-state index in [1.165, 1.54) is 0 Å². The van der Waals surface area contributed by atoms with Crippen LogP contribution in [0.4, 0.5) is 0 Å². The normalized spacial score (nSPS) is 22.5. The predicted molar refractivity (Wildman–Crippen MR) is 77.6 cm³/mol. The molecule has 0 radical (unpaired) electrons. The van der Waals surface area contributed by atoms with Crippen LogP contribution in [-0.4, -0.2) is 34.6 Å². The molecule has 106 valence electrons. The second-order valence-corrected chi connectivity index (χ2v) is 6.63. The van der Waals surface area contributed by atoms with Crippen molar-refractivity contribution in [1.29, 1.82) is 0 Å². The van der Waals surface area contributed by atoms with E-state index in [-0.39, 0.29) is 23.2 Å². The second kappa shape index (κ2) is 5.38. The maximum Gasteiger partial charge on any atom is 0.333 e. The van der Waals surface area contributed by atoms with E-state index in [1.807, 2.05) is 0 Å². The van der Waals surface area contributed by atoms with Crippen molar-refractivity contribution >= 4 is 5.97 Å². The molecule has 0 unspecified atom stereocenters. The van der Waals surface area contributed by atoms with Crippen molar-refractivity contribution < 1.29 is 9.53 Å². The van der Waals surface area contributed by atoms with Crippen LogP contribution in [0.25, 0.3) is 0 Å². The number of nitrogens with zero attached hydrogens (tertiary/aromatic N) is 1. The lowest BCUT2D eigenvalue weighted by Gasteiger charge is -2.54. The molecule has 1 saturated heterocycles. The molecule has 0 atom stereocenters. The molecule has 3 heteroatoms. The molecule has 0 bridgehead atoms.